The predicted molar refractivity (Wildman–Crippen MR) is 117 cm³/mol. The molecule has 1 fully saturated rings. The molecule has 1 N–H and O–H groups in total. The van der Waals surface area contributed by atoms with Crippen molar-refractivity contribution in [1.29, 1.82) is 0 Å². The number of thiazole rings is 1. The Bertz CT molecular complexity index is 1380. The number of carbonyl (C=O) groups excluding carboxylic acids is 1. The fraction of sp³-hybridized carbons (Fsp3) is 0.381. The smallest absolute Gasteiger partial charge is 0.300 e. The number of halogens is 3. The third-order valence-corrected chi connectivity index (χ3v) is 6.51. The van der Waals surface area contributed by atoms with Crippen molar-refractivity contribution in [2.24, 2.45) is 7.05 Å². The number of fused-ring (bicyclic) bond motifs is 1. The lowest BCUT2D eigenvalue weighted by atomic mass is 10.1. The number of nitrogens with one attached hydrogen (secondary N) is 1. The number of carbonyl (C=O) groups is 1. The van der Waals surface area contributed by atoms with Gasteiger partial charge in [-0.3, -0.25) is 9.48 Å². The molecule has 0 radical (unpaired) electrons. The highest BCUT2D eigenvalue weighted by Gasteiger charge is 2.37. The summed E-state index contributed by atoms with van der Waals surface area (Å²) in [6.45, 7) is 3.14. The maximum Gasteiger partial charge on any atom is 0.417 e. The molecule has 5 rings (SSSR count). The maximum absolute atomic E-state index is 13.7. The Hall–Kier alpha value is -3.28. The summed E-state index contributed by atoms with van der Waals surface area (Å²) in [5.74, 6) is -0.423. The van der Waals surface area contributed by atoms with Crippen molar-refractivity contribution in [3.8, 4) is 11.3 Å². The molecule has 4 aromatic heterocycles. The summed E-state index contributed by atoms with van der Waals surface area (Å²) in [5.41, 5.74) is 2.39. The standard InChI is InChI=1S/C21H20F3N7OS/c1-10-18-14(21(22,23)24)6-15(12-4-5-12)26-19(18)31(29-10)8-17(32)28-20-27-16(9-33-20)13-7-25-30(3)11(13)2/h6-7,9,12H,4-5,8H2,1-3H3,(H,27,28,32). The van der Waals surface area contributed by atoms with Crippen LogP contribution in [0, 0.1) is 13.8 Å². The molecule has 12 heteroatoms. The summed E-state index contributed by atoms with van der Waals surface area (Å²) in [6.07, 6.45) is -1.21. The van der Waals surface area contributed by atoms with Crippen molar-refractivity contribution in [1.82, 2.24) is 29.5 Å². The van der Waals surface area contributed by atoms with Gasteiger partial charge < -0.3 is 5.32 Å². The molecule has 0 saturated heterocycles. The molecule has 0 unspecified atom stereocenters. The number of aryl methyl sites for hydroxylation is 2. The molecule has 1 amide bonds. The van der Waals surface area contributed by atoms with E-state index in [4.69, 9.17) is 0 Å². The summed E-state index contributed by atoms with van der Waals surface area (Å²) in [4.78, 5) is 21.6. The van der Waals surface area contributed by atoms with Crippen LogP contribution < -0.4 is 5.32 Å². The van der Waals surface area contributed by atoms with E-state index >= 15 is 0 Å². The Labute approximate surface area is 190 Å². The molecule has 33 heavy (non-hydrogen) atoms. The molecular formula is C21H20F3N7OS. The molecule has 1 aliphatic rings. The van der Waals surface area contributed by atoms with E-state index in [2.05, 4.69) is 25.5 Å². The Morgan fingerprint density at radius 1 is 1.27 bits per heavy atom. The molecule has 4 heterocycles. The summed E-state index contributed by atoms with van der Waals surface area (Å²) in [7, 11) is 1.83. The highest BCUT2D eigenvalue weighted by Crippen LogP contribution is 2.43. The van der Waals surface area contributed by atoms with Crippen molar-refractivity contribution in [2.75, 3.05) is 5.32 Å². The van der Waals surface area contributed by atoms with Gasteiger partial charge in [-0.25, -0.2) is 14.6 Å². The fourth-order valence-electron chi connectivity index (χ4n) is 3.79. The summed E-state index contributed by atoms with van der Waals surface area (Å²) >= 11 is 1.26. The lowest BCUT2D eigenvalue weighted by Crippen LogP contribution is -2.20. The monoisotopic (exact) mass is 475 g/mol. The third kappa shape index (κ3) is 3.99. The molecule has 0 atom stereocenters. The first-order valence-corrected chi connectivity index (χ1v) is 11.2. The average Bonchev–Trinajstić information content (AvgIpc) is 3.32. The SMILES string of the molecule is Cc1nn(CC(=O)Nc2nc(-c3cnn(C)c3C)cs2)c2nc(C3CC3)cc(C(F)(F)F)c12. The molecule has 1 saturated carbocycles. The second kappa shape index (κ2) is 7.65. The number of nitrogens with zero attached hydrogens (tertiary/aromatic N) is 6. The highest BCUT2D eigenvalue weighted by molar-refractivity contribution is 7.14. The van der Waals surface area contributed by atoms with E-state index in [-0.39, 0.29) is 29.2 Å². The Balaban J connectivity index is 1.42. The number of rotatable bonds is 5. The first-order chi connectivity index (χ1) is 15.6. The number of amides is 1. The summed E-state index contributed by atoms with van der Waals surface area (Å²) < 4.78 is 44.2. The van der Waals surface area contributed by atoms with Gasteiger partial charge in [0.25, 0.3) is 0 Å². The van der Waals surface area contributed by atoms with Crippen LogP contribution in [0.25, 0.3) is 22.3 Å². The molecule has 172 valence electrons. The van der Waals surface area contributed by atoms with Gasteiger partial charge in [0.05, 0.1) is 28.5 Å². The normalized spacial score (nSPS) is 14.2. The van der Waals surface area contributed by atoms with Crippen LogP contribution in [0.15, 0.2) is 17.6 Å². The molecule has 0 spiro atoms. The van der Waals surface area contributed by atoms with Crippen LogP contribution in [0.5, 0.6) is 0 Å². The summed E-state index contributed by atoms with van der Waals surface area (Å²) in [6, 6.07) is 1.12. The van der Waals surface area contributed by atoms with E-state index in [1.807, 2.05) is 19.4 Å². The van der Waals surface area contributed by atoms with E-state index in [9.17, 15) is 18.0 Å². The number of pyridine rings is 1. The van der Waals surface area contributed by atoms with Gasteiger partial charge >= 0.3 is 6.18 Å². The van der Waals surface area contributed by atoms with Gasteiger partial charge in [0, 0.05) is 35.3 Å². The van der Waals surface area contributed by atoms with Crippen LogP contribution >= 0.6 is 11.3 Å². The van der Waals surface area contributed by atoms with E-state index in [1.54, 1.807) is 10.9 Å². The first-order valence-electron chi connectivity index (χ1n) is 10.3. The van der Waals surface area contributed by atoms with Crippen molar-refractivity contribution >= 4 is 33.4 Å². The van der Waals surface area contributed by atoms with Gasteiger partial charge in [-0.05, 0) is 32.8 Å². The second-order valence-electron chi connectivity index (χ2n) is 8.16. The molecular weight excluding hydrogens is 455 g/mol. The minimum atomic E-state index is -4.53. The van der Waals surface area contributed by atoms with Crippen LogP contribution in [0.3, 0.4) is 0 Å². The largest absolute Gasteiger partial charge is 0.417 e. The van der Waals surface area contributed by atoms with Gasteiger partial charge in [-0.15, -0.1) is 11.3 Å². The van der Waals surface area contributed by atoms with Crippen LogP contribution in [-0.2, 0) is 24.6 Å². The van der Waals surface area contributed by atoms with Crippen molar-refractivity contribution in [2.45, 2.75) is 45.3 Å². The quantitative estimate of drug-likeness (QED) is 0.461. The zero-order valence-corrected chi connectivity index (χ0v) is 18.9. The van der Waals surface area contributed by atoms with Gasteiger partial charge in [-0.2, -0.15) is 23.4 Å². The second-order valence-corrected chi connectivity index (χ2v) is 9.02. The Kier molecular flexibility index (Phi) is 5.00. The van der Waals surface area contributed by atoms with Crippen LogP contribution in [0.4, 0.5) is 18.3 Å². The number of anilines is 1. The molecule has 0 bridgehead atoms. The molecule has 1 aliphatic carbocycles. The summed E-state index contributed by atoms with van der Waals surface area (Å²) in [5, 5.41) is 13.2. The van der Waals surface area contributed by atoms with Crippen LogP contribution in [-0.4, -0.2) is 35.4 Å². The zero-order chi connectivity index (χ0) is 23.5. The zero-order valence-electron chi connectivity index (χ0n) is 18.1. The minimum absolute atomic E-state index is 0.0256. The molecule has 8 nitrogen and oxygen atoms in total. The van der Waals surface area contributed by atoms with Crippen molar-refractivity contribution in [3.63, 3.8) is 0 Å². The van der Waals surface area contributed by atoms with Gasteiger partial charge in [0.15, 0.2) is 10.8 Å². The van der Waals surface area contributed by atoms with E-state index in [1.165, 1.54) is 22.9 Å². The van der Waals surface area contributed by atoms with E-state index in [0.29, 0.717) is 16.5 Å². The topological polar surface area (TPSA) is 90.5 Å². The molecule has 0 aromatic carbocycles. The van der Waals surface area contributed by atoms with Crippen molar-refractivity contribution < 1.29 is 18.0 Å². The van der Waals surface area contributed by atoms with Gasteiger partial charge in [0.1, 0.15) is 6.54 Å². The maximum atomic E-state index is 13.7. The van der Waals surface area contributed by atoms with E-state index in [0.717, 1.165) is 30.2 Å². The number of hydrogen-bond acceptors (Lipinski definition) is 6. The lowest BCUT2D eigenvalue weighted by molar-refractivity contribution is -0.136. The molecule has 0 aliphatic heterocycles. The van der Waals surface area contributed by atoms with Crippen LogP contribution in [0.1, 0.15) is 41.4 Å². The first kappa shape index (κ1) is 21.6. The molecule has 4 aromatic rings. The fourth-order valence-corrected chi connectivity index (χ4v) is 4.52. The Morgan fingerprint density at radius 2 is 2.03 bits per heavy atom. The number of alkyl halides is 3. The predicted octanol–water partition coefficient (Wildman–Crippen LogP) is 4.44. The lowest BCUT2D eigenvalue weighted by Gasteiger charge is -2.11. The van der Waals surface area contributed by atoms with Gasteiger partial charge in [-0.1, -0.05) is 0 Å². The average molecular weight is 476 g/mol. The van der Waals surface area contributed by atoms with Gasteiger partial charge in [0.2, 0.25) is 5.91 Å². The van der Waals surface area contributed by atoms with E-state index < -0.39 is 17.6 Å². The Morgan fingerprint density at radius 3 is 2.67 bits per heavy atom. The third-order valence-electron chi connectivity index (χ3n) is 5.75. The number of aromatic nitrogens is 6. The van der Waals surface area contributed by atoms with Crippen molar-refractivity contribution in [3.05, 3.63) is 40.3 Å². The number of hydrogen-bond donors (Lipinski definition) is 1. The van der Waals surface area contributed by atoms with Crippen LogP contribution in [0.2, 0.25) is 0 Å². The minimum Gasteiger partial charge on any atom is -0.300 e. The highest BCUT2D eigenvalue weighted by atomic mass is 32.1.